The van der Waals surface area contributed by atoms with Crippen LogP contribution in [0, 0.1) is 0 Å². The minimum Gasteiger partial charge on any atom is -0.483 e. The molecule has 0 saturated heterocycles. The van der Waals surface area contributed by atoms with E-state index in [-0.39, 0.29) is 24.8 Å². The molecule has 10 nitrogen and oxygen atoms in total. The Hall–Kier alpha value is -2.49. The largest absolute Gasteiger partial charge is 0.483 e. The molecule has 0 aliphatic carbocycles. The van der Waals surface area contributed by atoms with Gasteiger partial charge in [0.15, 0.2) is 5.69 Å². The summed E-state index contributed by atoms with van der Waals surface area (Å²) in [5.41, 5.74) is 1.02. The average molecular weight is 354 g/mol. The van der Waals surface area contributed by atoms with Crippen LogP contribution in [-0.2, 0) is 22.7 Å². The SMILES string of the molecule is CCN1CCn2nnc(CNC(=O)CN(C)C(C)C)c2C1=O.O=CO. The van der Waals surface area contributed by atoms with Crippen LogP contribution in [0.4, 0.5) is 0 Å². The van der Waals surface area contributed by atoms with Gasteiger partial charge < -0.3 is 15.3 Å². The maximum atomic E-state index is 12.3. The molecule has 2 N–H and O–H groups in total. The number of rotatable bonds is 6. The number of hydrogen-bond acceptors (Lipinski definition) is 6. The van der Waals surface area contributed by atoms with Crippen molar-refractivity contribution in [2.24, 2.45) is 0 Å². The summed E-state index contributed by atoms with van der Waals surface area (Å²) >= 11 is 0. The fourth-order valence-electron chi connectivity index (χ4n) is 2.27. The summed E-state index contributed by atoms with van der Waals surface area (Å²) in [6, 6.07) is 0.299. The normalized spacial score (nSPS) is 13.4. The van der Waals surface area contributed by atoms with Gasteiger partial charge in [0.05, 0.1) is 19.6 Å². The number of hydrogen-bond donors (Lipinski definition) is 2. The minimum absolute atomic E-state index is 0.0673. The van der Waals surface area contributed by atoms with Crippen molar-refractivity contribution in [3.05, 3.63) is 11.4 Å². The molecule has 10 heteroatoms. The van der Waals surface area contributed by atoms with E-state index in [1.807, 2.05) is 32.7 Å². The van der Waals surface area contributed by atoms with E-state index < -0.39 is 0 Å². The third-order valence-corrected chi connectivity index (χ3v) is 3.99. The van der Waals surface area contributed by atoms with Gasteiger partial charge in [0.1, 0.15) is 5.69 Å². The first kappa shape index (κ1) is 20.6. The second-order valence-corrected chi connectivity index (χ2v) is 5.88. The molecule has 1 aromatic rings. The van der Waals surface area contributed by atoms with Crippen LogP contribution in [0.1, 0.15) is 37.0 Å². The van der Waals surface area contributed by atoms with Crippen molar-refractivity contribution in [1.29, 1.82) is 0 Å². The van der Waals surface area contributed by atoms with Crippen molar-refractivity contribution in [3.8, 4) is 0 Å². The molecule has 0 saturated carbocycles. The summed E-state index contributed by atoms with van der Waals surface area (Å²) in [4.78, 5) is 36.3. The van der Waals surface area contributed by atoms with Crippen molar-refractivity contribution < 1.29 is 19.5 Å². The molecule has 0 radical (unpaired) electrons. The lowest BCUT2D eigenvalue weighted by molar-refractivity contribution is -0.123. The van der Waals surface area contributed by atoms with Gasteiger partial charge in [-0.2, -0.15) is 0 Å². The van der Waals surface area contributed by atoms with E-state index in [0.717, 1.165) is 0 Å². The number of carboxylic acid groups (broad SMARTS) is 1. The second-order valence-electron chi connectivity index (χ2n) is 5.88. The van der Waals surface area contributed by atoms with E-state index >= 15 is 0 Å². The van der Waals surface area contributed by atoms with Crippen LogP contribution in [0.2, 0.25) is 0 Å². The first-order valence-electron chi connectivity index (χ1n) is 8.12. The van der Waals surface area contributed by atoms with Gasteiger partial charge in [-0.3, -0.25) is 19.3 Å². The number of nitrogens with zero attached hydrogens (tertiary/aromatic N) is 5. The third-order valence-electron chi connectivity index (χ3n) is 3.99. The second kappa shape index (κ2) is 9.72. The van der Waals surface area contributed by atoms with E-state index in [1.165, 1.54) is 0 Å². The molecule has 0 fully saturated rings. The molecule has 140 valence electrons. The molecule has 0 atom stereocenters. The smallest absolute Gasteiger partial charge is 0.290 e. The monoisotopic (exact) mass is 354 g/mol. The van der Waals surface area contributed by atoms with Gasteiger partial charge in [0.25, 0.3) is 12.4 Å². The lowest BCUT2D eigenvalue weighted by atomic mass is 10.2. The Morgan fingerprint density at radius 3 is 2.64 bits per heavy atom. The van der Waals surface area contributed by atoms with E-state index in [9.17, 15) is 9.59 Å². The van der Waals surface area contributed by atoms with Crippen molar-refractivity contribution in [2.75, 3.05) is 26.7 Å². The Morgan fingerprint density at radius 1 is 1.44 bits per heavy atom. The number of nitrogens with one attached hydrogen (secondary N) is 1. The quantitative estimate of drug-likeness (QED) is 0.655. The summed E-state index contributed by atoms with van der Waals surface area (Å²) < 4.78 is 1.62. The van der Waals surface area contributed by atoms with E-state index in [1.54, 1.807) is 9.58 Å². The molecule has 1 aromatic heterocycles. The maximum Gasteiger partial charge on any atom is 0.290 e. The molecule has 2 heterocycles. The van der Waals surface area contributed by atoms with Gasteiger partial charge in [-0.25, -0.2) is 4.68 Å². The Morgan fingerprint density at radius 2 is 2.08 bits per heavy atom. The van der Waals surface area contributed by atoms with Crippen LogP contribution in [0.3, 0.4) is 0 Å². The highest BCUT2D eigenvalue weighted by molar-refractivity contribution is 5.94. The van der Waals surface area contributed by atoms with Gasteiger partial charge in [-0.15, -0.1) is 5.10 Å². The summed E-state index contributed by atoms with van der Waals surface area (Å²) in [6.45, 7) is 8.25. The highest BCUT2D eigenvalue weighted by Gasteiger charge is 2.28. The van der Waals surface area contributed by atoms with Crippen LogP contribution < -0.4 is 5.32 Å². The molecule has 2 amide bonds. The Labute approximate surface area is 146 Å². The van der Waals surface area contributed by atoms with Crippen LogP contribution in [0.15, 0.2) is 0 Å². The molecule has 25 heavy (non-hydrogen) atoms. The van der Waals surface area contributed by atoms with Gasteiger partial charge in [0, 0.05) is 19.1 Å². The lowest BCUT2D eigenvalue weighted by Gasteiger charge is -2.26. The number of carbonyl (C=O) groups excluding carboxylic acids is 2. The van der Waals surface area contributed by atoms with Gasteiger partial charge in [0.2, 0.25) is 5.91 Å². The first-order valence-corrected chi connectivity index (χ1v) is 8.12. The predicted octanol–water partition coefficient (Wildman–Crippen LogP) is -0.589. The van der Waals surface area contributed by atoms with Gasteiger partial charge in [-0.05, 0) is 27.8 Å². The zero-order chi connectivity index (χ0) is 19.0. The Kier molecular flexibility index (Phi) is 7.99. The standard InChI is InChI=1S/C14H24N6O2.CH2O2/c1-5-19-6-7-20-13(14(19)22)11(16-17-20)8-15-12(21)9-18(4)10(2)3;2-1-3/h10H,5-9H2,1-4H3,(H,15,21);1H,(H,2,3). The van der Waals surface area contributed by atoms with Crippen molar-refractivity contribution in [2.45, 2.75) is 39.9 Å². The van der Waals surface area contributed by atoms with Crippen LogP contribution >= 0.6 is 0 Å². The van der Waals surface area contributed by atoms with Crippen molar-refractivity contribution in [1.82, 2.24) is 30.1 Å². The number of fused-ring (bicyclic) bond motifs is 1. The summed E-state index contributed by atoms with van der Waals surface area (Å²) in [5.74, 6) is -0.157. The molecule has 1 aliphatic rings. The van der Waals surface area contributed by atoms with Crippen LogP contribution in [0.25, 0.3) is 0 Å². The van der Waals surface area contributed by atoms with E-state index in [0.29, 0.717) is 43.6 Å². The molecule has 0 unspecified atom stereocenters. The predicted molar refractivity (Wildman–Crippen MR) is 89.9 cm³/mol. The highest BCUT2D eigenvalue weighted by atomic mass is 16.3. The molecular formula is C15H26N6O4. The molecule has 2 rings (SSSR count). The molecule has 1 aliphatic heterocycles. The summed E-state index contributed by atoms with van der Waals surface area (Å²) in [5, 5.41) is 17.7. The third kappa shape index (κ3) is 5.52. The lowest BCUT2D eigenvalue weighted by Crippen LogP contribution is -2.41. The fraction of sp³-hybridized carbons (Fsp3) is 0.667. The molecular weight excluding hydrogens is 328 g/mol. The van der Waals surface area contributed by atoms with Crippen molar-refractivity contribution >= 4 is 18.3 Å². The van der Waals surface area contributed by atoms with E-state index in [2.05, 4.69) is 15.6 Å². The number of carbonyl (C=O) groups is 3. The van der Waals surface area contributed by atoms with Crippen LogP contribution in [0.5, 0.6) is 0 Å². The van der Waals surface area contributed by atoms with Gasteiger partial charge in [-0.1, -0.05) is 5.21 Å². The number of likely N-dealkylation sites (N-methyl/N-ethyl adjacent to an activating group) is 2. The summed E-state index contributed by atoms with van der Waals surface area (Å²) in [6.07, 6.45) is 0. The maximum absolute atomic E-state index is 12.3. The average Bonchev–Trinajstić information content (AvgIpc) is 2.98. The van der Waals surface area contributed by atoms with Crippen LogP contribution in [-0.4, -0.2) is 80.9 Å². The number of amides is 2. The van der Waals surface area contributed by atoms with E-state index in [4.69, 9.17) is 9.90 Å². The fourth-order valence-corrected chi connectivity index (χ4v) is 2.27. The molecule has 0 spiro atoms. The first-order chi connectivity index (χ1) is 11.8. The zero-order valence-corrected chi connectivity index (χ0v) is 15.1. The highest BCUT2D eigenvalue weighted by Crippen LogP contribution is 2.14. The minimum atomic E-state index is -0.250. The Balaban J connectivity index is 0.000000970. The molecule has 0 aromatic carbocycles. The molecule has 0 bridgehead atoms. The number of aromatic nitrogens is 3. The van der Waals surface area contributed by atoms with Gasteiger partial charge >= 0.3 is 0 Å². The van der Waals surface area contributed by atoms with Crippen molar-refractivity contribution in [3.63, 3.8) is 0 Å². The topological polar surface area (TPSA) is 121 Å². The summed E-state index contributed by atoms with van der Waals surface area (Å²) in [7, 11) is 1.90. The Bertz CT molecular complexity index is 601. The zero-order valence-electron chi connectivity index (χ0n) is 15.1.